The van der Waals surface area contributed by atoms with E-state index in [-0.39, 0.29) is 0 Å². The van der Waals surface area contributed by atoms with Gasteiger partial charge in [-0.25, -0.2) is 4.98 Å². The van der Waals surface area contributed by atoms with Crippen molar-refractivity contribution in [3.05, 3.63) is 28.1 Å². The van der Waals surface area contributed by atoms with E-state index in [2.05, 4.69) is 27.6 Å². The van der Waals surface area contributed by atoms with Crippen LogP contribution in [-0.2, 0) is 0 Å². The van der Waals surface area contributed by atoms with Crippen LogP contribution in [0, 0.1) is 12.3 Å². The molecule has 0 bridgehead atoms. The molecule has 2 aromatic rings. The van der Waals surface area contributed by atoms with Gasteiger partial charge in [0, 0.05) is 25.2 Å². The summed E-state index contributed by atoms with van der Waals surface area (Å²) in [6, 6.07) is 1.94. The number of thioether (sulfide) groups is 1. The number of thiophene rings is 1. The van der Waals surface area contributed by atoms with Crippen LogP contribution >= 0.6 is 23.1 Å². The van der Waals surface area contributed by atoms with Crippen molar-refractivity contribution in [2.45, 2.75) is 13.8 Å². The van der Waals surface area contributed by atoms with E-state index in [1.165, 1.54) is 16.2 Å². The first-order valence-corrected chi connectivity index (χ1v) is 9.93. The number of aldehydes is 1. The average Bonchev–Trinajstić information content (AvgIpc) is 3.00. The number of terminal acetylenes is 1. The van der Waals surface area contributed by atoms with Gasteiger partial charge in [-0.2, -0.15) is 0 Å². The molecule has 0 atom stereocenters. The van der Waals surface area contributed by atoms with Gasteiger partial charge in [-0.15, -0.1) is 35.4 Å². The maximum absolute atomic E-state index is 11.4. The van der Waals surface area contributed by atoms with Gasteiger partial charge in [-0.1, -0.05) is 6.08 Å². The van der Waals surface area contributed by atoms with Gasteiger partial charge in [0.25, 0.3) is 0 Å². The topological polar surface area (TPSA) is 57.6 Å². The number of rotatable bonds is 7. The highest BCUT2D eigenvalue weighted by molar-refractivity contribution is 8.02. The zero-order valence-corrected chi connectivity index (χ0v) is 17.4. The van der Waals surface area contributed by atoms with E-state index in [1.54, 1.807) is 31.2 Å². The second-order valence-electron chi connectivity index (χ2n) is 5.23. The second kappa shape index (κ2) is 11.3. The molecule has 0 amide bonds. The summed E-state index contributed by atoms with van der Waals surface area (Å²) >= 11 is 3.07. The number of nitrogens with zero attached hydrogens (tertiary/aromatic N) is 3. The van der Waals surface area contributed by atoms with Crippen molar-refractivity contribution in [1.82, 2.24) is 4.98 Å². The first-order valence-electron chi connectivity index (χ1n) is 7.89. The molecule has 2 rings (SSSR count). The van der Waals surface area contributed by atoms with Crippen LogP contribution < -0.4 is 10.2 Å². The van der Waals surface area contributed by atoms with Crippen molar-refractivity contribution < 1.29 is 4.79 Å². The predicted octanol–water partition coefficient (Wildman–Crippen LogP) is 4.52. The Kier molecular flexibility index (Phi) is 9.48. The van der Waals surface area contributed by atoms with Crippen LogP contribution in [-0.4, -0.2) is 44.5 Å². The summed E-state index contributed by atoms with van der Waals surface area (Å²) in [7, 11) is 3.95. The van der Waals surface area contributed by atoms with Crippen LogP contribution in [0.1, 0.15) is 23.5 Å². The quantitative estimate of drug-likeness (QED) is 0.327. The van der Waals surface area contributed by atoms with Crippen molar-refractivity contribution in [2.75, 3.05) is 37.1 Å². The molecule has 26 heavy (non-hydrogen) atoms. The Morgan fingerprint density at radius 2 is 2.23 bits per heavy atom. The molecule has 138 valence electrons. The van der Waals surface area contributed by atoms with Crippen molar-refractivity contribution in [3.8, 4) is 12.3 Å². The summed E-state index contributed by atoms with van der Waals surface area (Å²) in [6.07, 6.45) is 13.0. The van der Waals surface area contributed by atoms with Gasteiger partial charge in [0.05, 0.1) is 34.5 Å². The van der Waals surface area contributed by atoms with Crippen LogP contribution in [0.15, 0.2) is 28.2 Å². The fraction of sp³-hybridized carbons (Fsp3) is 0.316. The van der Waals surface area contributed by atoms with Crippen molar-refractivity contribution in [1.29, 1.82) is 0 Å². The van der Waals surface area contributed by atoms with Gasteiger partial charge in [-0.3, -0.25) is 9.79 Å². The lowest BCUT2D eigenvalue weighted by atomic mass is 10.2. The lowest BCUT2D eigenvalue weighted by Gasteiger charge is -2.14. The molecule has 0 aliphatic rings. The summed E-state index contributed by atoms with van der Waals surface area (Å²) in [5.74, 6) is 2.25. The molecule has 0 unspecified atom stereocenters. The number of fused-ring (bicyclic) bond motifs is 1. The van der Waals surface area contributed by atoms with E-state index in [9.17, 15) is 4.79 Å². The number of aromatic nitrogens is 1. The Hall–Kier alpha value is -2.30. The Bertz CT molecular complexity index is 832. The minimum atomic E-state index is 0.627. The van der Waals surface area contributed by atoms with Crippen molar-refractivity contribution >= 4 is 57.3 Å². The monoisotopic (exact) mass is 388 g/mol. The van der Waals surface area contributed by atoms with Crippen LogP contribution in [0.3, 0.4) is 0 Å². The third-order valence-corrected chi connectivity index (χ3v) is 5.23. The van der Waals surface area contributed by atoms with Gasteiger partial charge >= 0.3 is 0 Å². The highest BCUT2D eigenvalue weighted by Gasteiger charge is 2.16. The molecule has 2 aromatic heterocycles. The molecule has 0 aliphatic heterocycles. The third-order valence-electron chi connectivity index (χ3n) is 3.32. The summed E-state index contributed by atoms with van der Waals surface area (Å²) in [5.41, 5.74) is 1.79. The van der Waals surface area contributed by atoms with Gasteiger partial charge in [-0.05, 0) is 26.2 Å². The number of pyridine rings is 1. The lowest BCUT2D eigenvalue weighted by Crippen LogP contribution is -2.09. The molecule has 2 heterocycles. The fourth-order valence-electron chi connectivity index (χ4n) is 2.14. The van der Waals surface area contributed by atoms with E-state index in [0.717, 1.165) is 27.9 Å². The molecule has 0 saturated carbocycles. The minimum absolute atomic E-state index is 0.627. The number of hydrogen-bond acceptors (Lipinski definition) is 6. The molecule has 5 nitrogen and oxygen atoms in total. The first-order chi connectivity index (χ1) is 12.5. The van der Waals surface area contributed by atoms with Gasteiger partial charge in [0.1, 0.15) is 4.83 Å². The number of hydrogen-bond donors (Lipinski definition) is 1. The molecule has 0 spiro atoms. The molecule has 0 fully saturated rings. The normalized spacial score (nSPS) is 11.0. The molecule has 0 aliphatic carbocycles. The first kappa shape index (κ1) is 21.7. The number of carbonyl (C=O) groups is 1. The number of nitrogens with one attached hydrogen (secondary N) is 1. The predicted molar refractivity (Wildman–Crippen MR) is 118 cm³/mol. The Labute approximate surface area is 163 Å². The van der Waals surface area contributed by atoms with E-state index in [4.69, 9.17) is 0 Å². The van der Waals surface area contributed by atoms with Crippen LogP contribution in [0.4, 0.5) is 11.4 Å². The molecule has 7 heteroatoms. The minimum Gasteiger partial charge on any atom is -0.377 e. The van der Waals surface area contributed by atoms with Crippen molar-refractivity contribution in [2.24, 2.45) is 4.99 Å². The molecule has 0 radical (unpaired) electrons. The van der Waals surface area contributed by atoms with Crippen molar-refractivity contribution in [3.63, 3.8) is 0 Å². The second-order valence-corrected chi connectivity index (χ2v) is 7.19. The Morgan fingerprint density at radius 1 is 1.54 bits per heavy atom. The number of aliphatic imine (C=N–C) groups is 1. The SMILES string of the molecule is C#CC.C/C=C(/CN=CNc1c(C=O)sc2nccc(N(C)C)c12)SC. The standard InChI is InChI=1S/C16H20N4OS2.C3H4/c1-5-11(22-4)8-17-10-19-15-13(9-21)23-16-14(15)12(20(2)3)6-7-18-16;1-3-2/h5-7,9-10H,8H2,1-4H3,(H,17,19);1H,2H3/b11-5-;. The highest BCUT2D eigenvalue weighted by atomic mass is 32.2. The Morgan fingerprint density at radius 3 is 2.77 bits per heavy atom. The number of allylic oxidation sites excluding steroid dienone is 1. The smallest absolute Gasteiger partial charge is 0.162 e. The zero-order chi connectivity index (χ0) is 19.5. The summed E-state index contributed by atoms with van der Waals surface area (Å²) in [4.78, 5) is 24.8. The fourth-order valence-corrected chi connectivity index (χ4v) is 3.52. The molecule has 0 aromatic carbocycles. The summed E-state index contributed by atoms with van der Waals surface area (Å²) in [6.45, 7) is 4.28. The Balaban J connectivity index is 0.00000105. The van der Waals surface area contributed by atoms with Crippen LogP contribution in [0.25, 0.3) is 10.2 Å². The van der Waals surface area contributed by atoms with Gasteiger partial charge in [0.2, 0.25) is 0 Å². The average molecular weight is 389 g/mol. The van der Waals surface area contributed by atoms with E-state index >= 15 is 0 Å². The molecular formula is C19H24N4OS2. The third kappa shape index (κ3) is 5.61. The summed E-state index contributed by atoms with van der Waals surface area (Å²) < 4.78 is 0. The van der Waals surface area contributed by atoms with Gasteiger partial charge in [0.15, 0.2) is 6.29 Å². The van der Waals surface area contributed by atoms with E-state index in [1.807, 2.05) is 44.3 Å². The largest absolute Gasteiger partial charge is 0.377 e. The van der Waals surface area contributed by atoms with Crippen LogP contribution in [0.5, 0.6) is 0 Å². The zero-order valence-electron chi connectivity index (χ0n) is 15.7. The number of anilines is 2. The number of carbonyl (C=O) groups excluding carboxylic acids is 1. The molecule has 1 N–H and O–H groups in total. The highest BCUT2D eigenvalue weighted by Crippen LogP contribution is 2.38. The maximum atomic E-state index is 11.4. The van der Waals surface area contributed by atoms with E-state index < -0.39 is 0 Å². The lowest BCUT2D eigenvalue weighted by molar-refractivity contribution is 0.112. The molecular weight excluding hydrogens is 364 g/mol. The molecule has 0 saturated heterocycles. The van der Waals surface area contributed by atoms with E-state index in [0.29, 0.717) is 11.4 Å². The summed E-state index contributed by atoms with van der Waals surface area (Å²) in [5, 5.41) is 4.12. The van der Waals surface area contributed by atoms with Gasteiger partial charge < -0.3 is 10.2 Å². The van der Waals surface area contributed by atoms with Crippen LogP contribution in [0.2, 0.25) is 0 Å². The maximum Gasteiger partial charge on any atom is 0.162 e.